The van der Waals surface area contributed by atoms with Gasteiger partial charge in [-0.3, -0.25) is 0 Å². The van der Waals surface area contributed by atoms with Gasteiger partial charge in [0.25, 0.3) is 0 Å². The zero-order chi connectivity index (χ0) is 8.65. The molecule has 0 heterocycles. The van der Waals surface area contributed by atoms with E-state index in [1.807, 2.05) is 0 Å². The van der Waals surface area contributed by atoms with Gasteiger partial charge in [0, 0.05) is 0 Å². The molecule has 1 fully saturated rings. The van der Waals surface area contributed by atoms with Crippen molar-refractivity contribution in [2.45, 2.75) is 46.6 Å². The molecule has 1 heteroatoms. The van der Waals surface area contributed by atoms with Crippen molar-refractivity contribution in [2.75, 3.05) is 0 Å². The molecule has 1 N–H and O–H groups in total. The minimum atomic E-state index is -0.0424. The summed E-state index contributed by atoms with van der Waals surface area (Å²) in [7, 11) is 0. The molecule has 3 atom stereocenters. The van der Waals surface area contributed by atoms with Gasteiger partial charge in [-0.15, -0.1) is 0 Å². The van der Waals surface area contributed by atoms with Crippen LogP contribution in [-0.4, -0.2) is 11.2 Å². The Morgan fingerprint density at radius 1 is 1.18 bits per heavy atom. The highest BCUT2D eigenvalue weighted by atomic mass is 16.3. The van der Waals surface area contributed by atoms with Crippen LogP contribution in [0.5, 0.6) is 0 Å². The number of rotatable bonds is 0. The Morgan fingerprint density at radius 3 is 1.91 bits per heavy atom. The van der Waals surface area contributed by atoms with Crippen LogP contribution in [-0.2, 0) is 0 Å². The summed E-state index contributed by atoms with van der Waals surface area (Å²) in [4.78, 5) is 0. The average Bonchev–Trinajstić information content (AvgIpc) is 2.11. The highest BCUT2D eigenvalue weighted by Gasteiger charge is 2.38. The summed E-state index contributed by atoms with van der Waals surface area (Å²) in [5.41, 5.74) is 0.372. The van der Waals surface area contributed by atoms with Crippen molar-refractivity contribution in [3.63, 3.8) is 0 Å². The molecule has 1 aliphatic carbocycles. The van der Waals surface area contributed by atoms with Crippen LogP contribution in [0.15, 0.2) is 0 Å². The van der Waals surface area contributed by atoms with E-state index < -0.39 is 0 Å². The van der Waals surface area contributed by atoms with E-state index in [4.69, 9.17) is 0 Å². The fourth-order valence-corrected chi connectivity index (χ4v) is 2.37. The van der Waals surface area contributed by atoms with Crippen LogP contribution < -0.4 is 0 Å². The largest absolute Gasteiger partial charge is 0.393 e. The predicted molar refractivity (Wildman–Crippen MR) is 47.3 cm³/mol. The normalized spacial score (nSPS) is 39.5. The molecule has 0 aromatic carbocycles. The molecule has 0 spiro atoms. The smallest absolute Gasteiger partial charge is 0.0568 e. The molecule has 11 heavy (non-hydrogen) atoms. The van der Waals surface area contributed by atoms with Gasteiger partial charge in [0.15, 0.2) is 0 Å². The molecule has 1 saturated carbocycles. The SMILES string of the molecule is C[C@@H]1[C@@H](O)CC[C@@H]1C(C)(C)C. The van der Waals surface area contributed by atoms with Crippen LogP contribution in [0.25, 0.3) is 0 Å². The van der Waals surface area contributed by atoms with Crippen molar-refractivity contribution in [2.24, 2.45) is 17.3 Å². The van der Waals surface area contributed by atoms with Crippen LogP contribution in [0.2, 0.25) is 0 Å². The van der Waals surface area contributed by atoms with Gasteiger partial charge in [-0.1, -0.05) is 27.7 Å². The Hall–Kier alpha value is -0.0400. The highest BCUT2D eigenvalue weighted by molar-refractivity contribution is 4.88. The maximum atomic E-state index is 9.53. The summed E-state index contributed by atoms with van der Waals surface area (Å²) in [6.07, 6.45) is 2.16. The molecule has 66 valence electrons. The van der Waals surface area contributed by atoms with E-state index >= 15 is 0 Å². The van der Waals surface area contributed by atoms with Gasteiger partial charge in [0.2, 0.25) is 0 Å². The first-order valence-corrected chi connectivity index (χ1v) is 4.61. The summed E-state index contributed by atoms with van der Waals surface area (Å²) >= 11 is 0. The van der Waals surface area contributed by atoms with Crippen molar-refractivity contribution in [1.29, 1.82) is 0 Å². The van der Waals surface area contributed by atoms with Crippen molar-refractivity contribution in [3.05, 3.63) is 0 Å². The number of aliphatic hydroxyl groups excluding tert-OH is 1. The van der Waals surface area contributed by atoms with Gasteiger partial charge in [-0.05, 0) is 30.1 Å². The molecule has 0 saturated heterocycles. The van der Waals surface area contributed by atoms with Gasteiger partial charge in [-0.2, -0.15) is 0 Å². The molecule has 1 rings (SSSR count). The third kappa shape index (κ3) is 1.76. The third-order valence-corrected chi connectivity index (χ3v) is 3.13. The van der Waals surface area contributed by atoms with Crippen LogP contribution in [0.1, 0.15) is 40.5 Å². The lowest BCUT2D eigenvalue weighted by atomic mass is 9.75. The second-order valence-corrected chi connectivity index (χ2v) is 4.98. The first-order chi connectivity index (χ1) is 4.93. The second-order valence-electron chi connectivity index (χ2n) is 4.98. The van der Waals surface area contributed by atoms with Crippen molar-refractivity contribution < 1.29 is 5.11 Å². The number of hydrogen-bond acceptors (Lipinski definition) is 1. The Bertz CT molecular complexity index is 134. The molecule has 1 aliphatic rings. The molecular weight excluding hydrogens is 136 g/mol. The third-order valence-electron chi connectivity index (χ3n) is 3.13. The first kappa shape index (κ1) is 9.05. The van der Waals surface area contributed by atoms with Gasteiger partial charge < -0.3 is 5.11 Å². The van der Waals surface area contributed by atoms with E-state index in [0.717, 1.165) is 6.42 Å². The molecule has 0 aromatic rings. The Kier molecular flexibility index (Phi) is 2.29. The Balaban J connectivity index is 2.62. The summed E-state index contributed by atoms with van der Waals surface area (Å²) in [5.74, 6) is 1.20. The van der Waals surface area contributed by atoms with Crippen LogP contribution in [0.4, 0.5) is 0 Å². The van der Waals surface area contributed by atoms with Crippen molar-refractivity contribution >= 4 is 0 Å². The maximum Gasteiger partial charge on any atom is 0.0568 e. The lowest BCUT2D eigenvalue weighted by molar-refractivity contribution is 0.0958. The van der Waals surface area contributed by atoms with Crippen LogP contribution in [0.3, 0.4) is 0 Å². The van der Waals surface area contributed by atoms with E-state index in [-0.39, 0.29) is 6.10 Å². The monoisotopic (exact) mass is 156 g/mol. The second kappa shape index (κ2) is 2.78. The van der Waals surface area contributed by atoms with E-state index in [9.17, 15) is 5.11 Å². The van der Waals surface area contributed by atoms with E-state index in [0.29, 0.717) is 17.3 Å². The predicted octanol–water partition coefficient (Wildman–Crippen LogP) is 2.44. The Morgan fingerprint density at radius 2 is 1.73 bits per heavy atom. The lowest BCUT2D eigenvalue weighted by Crippen LogP contribution is -2.26. The molecule has 0 bridgehead atoms. The van der Waals surface area contributed by atoms with E-state index in [1.165, 1.54) is 6.42 Å². The fourth-order valence-electron chi connectivity index (χ4n) is 2.37. The Labute approximate surface area is 69.8 Å². The fraction of sp³-hybridized carbons (Fsp3) is 1.00. The molecule has 0 radical (unpaired) electrons. The summed E-state index contributed by atoms with van der Waals surface area (Å²) in [6, 6.07) is 0. The van der Waals surface area contributed by atoms with Gasteiger partial charge >= 0.3 is 0 Å². The molecular formula is C10H20O. The van der Waals surface area contributed by atoms with Crippen molar-refractivity contribution in [3.8, 4) is 0 Å². The van der Waals surface area contributed by atoms with Crippen molar-refractivity contribution in [1.82, 2.24) is 0 Å². The van der Waals surface area contributed by atoms with Crippen LogP contribution in [0, 0.1) is 17.3 Å². The molecule has 0 aliphatic heterocycles. The van der Waals surface area contributed by atoms with Gasteiger partial charge in [0.1, 0.15) is 0 Å². The summed E-state index contributed by atoms with van der Waals surface area (Å²) in [6.45, 7) is 8.98. The maximum absolute atomic E-state index is 9.53. The molecule has 1 nitrogen and oxygen atoms in total. The number of aliphatic hydroxyl groups is 1. The highest BCUT2D eigenvalue weighted by Crippen LogP contribution is 2.43. The van der Waals surface area contributed by atoms with E-state index in [2.05, 4.69) is 27.7 Å². The lowest BCUT2D eigenvalue weighted by Gasteiger charge is -2.31. The minimum Gasteiger partial charge on any atom is -0.393 e. The number of hydrogen-bond donors (Lipinski definition) is 1. The van der Waals surface area contributed by atoms with E-state index in [1.54, 1.807) is 0 Å². The van der Waals surface area contributed by atoms with Crippen LogP contribution >= 0.6 is 0 Å². The molecule has 0 aromatic heterocycles. The first-order valence-electron chi connectivity index (χ1n) is 4.61. The summed E-state index contributed by atoms with van der Waals surface area (Å²) < 4.78 is 0. The molecule has 0 amide bonds. The average molecular weight is 156 g/mol. The van der Waals surface area contributed by atoms with Gasteiger partial charge in [0.05, 0.1) is 6.10 Å². The zero-order valence-corrected chi connectivity index (χ0v) is 8.09. The quantitative estimate of drug-likeness (QED) is 0.571. The van der Waals surface area contributed by atoms with Gasteiger partial charge in [-0.25, -0.2) is 0 Å². The standard InChI is InChI=1S/C10H20O/c1-7-8(10(2,3)4)5-6-9(7)11/h7-9,11H,5-6H2,1-4H3/t7-,8-,9-/m0/s1. The zero-order valence-electron chi connectivity index (χ0n) is 8.09. The topological polar surface area (TPSA) is 20.2 Å². The molecule has 0 unspecified atom stereocenters. The minimum absolute atomic E-state index is 0.0424. The summed E-state index contributed by atoms with van der Waals surface area (Å²) in [5, 5.41) is 9.53.